The van der Waals surface area contributed by atoms with Crippen molar-refractivity contribution in [1.82, 2.24) is 5.32 Å². The van der Waals surface area contributed by atoms with E-state index in [0.29, 0.717) is 82.7 Å². The van der Waals surface area contributed by atoms with Crippen LogP contribution in [0.4, 0.5) is 4.79 Å². The summed E-state index contributed by atoms with van der Waals surface area (Å²) in [6.07, 6.45) is 11.3. The van der Waals surface area contributed by atoms with Gasteiger partial charge in [-0.1, -0.05) is 93.2 Å². The molecule has 14 atom stereocenters. The molecular weight excluding hydrogens is 995 g/mol. The summed E-state index contributed by atoms with van der Waals surface area (Å²) in [5.41, 5.74) is -0.745. The van der Waals surface area contributed by atoms with Gasteiger partial charge in [0, 0.05) is 62.0 Å². The van der Waals surface area contributed by atoms with Gasteiger partial charge in [-0.2, -0.15) is 0 Å². The molecule has 7 bridgehead atoms. The predicted octanol–water partition coefficient (Wildman–Crippen LogP) is 14.0. The van der Waals surface area contributed by atoms with E-state index in [4.69, 9.17) is 42.0 Å². The van der Waals surface area contributed by atoms with E-state index in [2.05, 4.69) is 107 Å². The minimum absolute atomic E-state index is 0.0304. The molecule has 3 spiro atoms. The number of ketones is 1. The van der Waals surface area contributed by atoms with Crippen molar-refractivity contribution in [3.05, 3.63) is 36.5 Å². The minimum atomic E-state index is -2.42. The molecule has 0 unspecified atom stereocenters. The third-order valence-corrected chi connectivity index (χ3v) is 29.1. The van der Waals surface area contributed by atoms with Crippen LogP contribution in [-0.4, -0.2) is 107 Å². The molecule has 0 aromatic carbocycles. The molecule has 6 fully saturated rings. The van der Waals surface area contributed by atoms with E-state index in [9.17, 15) is 9.59 Å². The number of ether oxygens (including phenoxy) is 7. The highest BCUT2D eigenvalue weighted by Crippen LogP contribution is 2.60. The SMILES string of the molecule is C=CCOC(=O)NC[C@@H](C)[C@H](C)C[C@@]12CCC(C(=O)OC(C)(C)C)=C[C@@H]1[C@H]1O[C@@]3(C[C@@H]4CCC[C@]5(CC[C@]6(O[C@H](CC[C@]6(C)O[Si](CC)(CC)CC)CC(=C)CCCC2=O)O5)O4)C[C@H](C)[C@H](O[Si](C)(C)C(C)(C)C)[C@@H]1O3. The molecule has 13 nitrogen and oxygen atoms in total. The first-order chi connectivity index (χ1) is 35.4. The Morgan fingerprint density at radius 1 is 0.855 bits per heavy atom. The molecule has 6 heterocycles. The third-order valence-electron chi connectivity index (χ3n) is 19.9. The predicted molar refractivity (Wildman–Crippen MR) is 302 cm³/mol. The fourth-order valence-corrected chi connectivity index (χ4v) is 18.6. The first kappa shape index (κ1) is 61.4. The minimum Gasteiger partial charge on any atom is -0.457 e. The van der Waals surface area contributed by atoms with Gasteiger partial charge in [-0.05, 0) is 146 Å². The van der Waals surface area contributed by atoms with Crippen LogP contribution in [0.15, 0.2) is 36.5 Å². The average Bonchev–Trinajstić information content (AvgIpc) is 3.85. The maximum absolute atomic E-state index is 16.0. The number of carbonyl (C=O) groups excluding carboxylic acids is 3. The first-order valence-corrected chi connectivity index (χ1v) is 35.3. The monoisotopic (exact) mass is 1100 g/mol. The summed E-state index contributed by atoms with van der Waals surface area (Å²) in [5, 5.41) is 2.86. The number of hydrogen-bond donors (Lipinski definition) is 1. The van der Waals surface area contributed by atoms with Gasteiger partial charge in [-0.25, -0.2) is 9.59 Å². The molecule has 1 amide bonds. The number of fused-ring (bicyclic) bond motifs is 7. The van der Waals surface area contributed by atoms with Crippen molar-refractivity contribution in [3.63, 3.8) is 0 Å². The van der Waals surface area contributed by atoms with Crippen LogP contribution in [0, 0.1) is 29.1 Å². The van der Waals surface area contributed by atoms with Crippen molar-refractivity contribution in [3.8, 4) is 0 Å². The highest BCUT2D eigenvalue weighted by Gasteiger charge is 2.68. The molecule has 0 aromatic heterocycles. The van der Waals surface area contributed by atoms with E-state index in [1.54, 1.807) is 6.08 Å². The molecule has 1 N–H and O–H groups in total. The standard InChI is InChI=1S/C61H103NO12Si2/c1-18-34-66-54(65)62-40-44(8)42(6)37-58-31-27-45(53(64)71-55(9,10)11)36-48(58)51-52-50(72-75(16,17)56(12,13)14)43(7)38-60(69-51,70-52)39-47-25-23-29-59(67-47)32-33-61(73-59)57(15,74-76(19-2,20-3)21-4)30-28-46(68-61)35-41(5)24-22-26-49(58)63/h18,36,42-44,46-48,50-52H,1,5,19-35,37-40H2,2-4,6-17H3,(H,62,65)/t42-,43+,44-,46-,47+,48-,50+,51-,52+,57+,58+,59+,60+,61+/m1/s1. The Kier molecular flexibility index (Phi) is 18.9. The summed E-state index contributed by atoms with van der Waals surface area (Å²) in [7, 11) is -4.54. The van der Waals surface area contributed by atoms with Crippen molar-refractivity contribution < 1.29 is 56.4 Å². The normalized spacial score (nSPS) is 37.4. The summed E-state index contributed by atoms with van der Waals surface area (Å²) < 4.78 is 64.2. The van der Waals surface area contributed by atoms with Gasteiger partial charge in [0.2, 0.25) is 0 Å². The van der Waals surface area contributed by atoms with Crippen LogP contribution < -0.4 is 5.32 Å². The topological polar surface area (TPSA) is 146 Å². The van der Waals surface area contributed by atoms with Crippen LogP contribution in [0.5, 0.6) is 0 Å². The number of carbonyl (C=O) groups is 3. The maximum Gasteiger partial charge on any atom is 0.407 e. The number of esters is 1. The zero-order chi connectivity index (χ0) is 55.9. The molecule has 432 valence electrons. The van der Waals surface area contributed by atoms with Crippen LogP contribution >= 0.6 is 0 Å². The van der Waals surface area contributed by atoms with Crippen LogP contribution in [0.1, 0.15) is 193 Å². The molecule has 7 rings (SSSR count). The molecule has 0 radical (unpaired) electrons. The van der Waals surface area contributed by atoms with E-state index < -0.39 is 74.8 Å². The smallest absolute Gasteiger partial charge is 0.407 e. The molecule has 1 aliphatic carbocycles. The zero-order valence-electron chi connectivity index (χ0n) is 50.0. The molecule has 15 heteroatoms. The Morgan fingerprint density at radius 2 is 1.55 bits per heavy atom. The van der Waals surface area contributed by atoms with Crippen molar-refractivity contribution in [2.45, 2.75) is 288 Å². The lowest BCUT2D eigenvalue weighted by Crippen LogP contribution is -2.65. The van der Waals surface area contributed by atoms with Gasteiger partial charge >= 0.3 is 12.1 Å². The van der Waals surface area contributed by atoms with Crippen molar-refractivity contribution in [1.29, 1.82) is 0 Å². The van der Waals surface area contributed by atoms with Gasteiger partial charge in [0.05, 0.1) is 24.4 Å². The second kappa shape index (κ2) is 23.3. The molecule has 0 saturated carbocycles. The number of hydrogen-bond acceptors (Lipinski definition) is 12. The Balaban J connectivity index is 1.35. The van der Waals surface area contributed by atoms with Gasteiger partial charge in [0.25, 0.3) is 0 Å². The lowest BCUT2D eigenvalue weighted by Gasteiger charge is -2.55. The molecular formula is C61H103NO12Si2. The number of nitrogens with one attached hydrogen (secondary N) is 1. The molecule has 6 saturated heterocycles. The van der Waals surface area contributed by atoms with Crippen molar-refractivity contribution in [2.24, 2.45) is 29.1 Å². The van der Waals surface area contributed by atoms with Crippen LogP contribution in [-0.2, 0) is 51.6 Å². The molecule has 6 aliphatic heterocycles. The van der Waals surface area contributed by atoms with Crippen LogP contribution in [0.3, 0.4) is 0 Å². The highest BCUT2D eigenvalue weighted by molar-refractivity contribution is 6.74. The number of amides is 1. The van der Waals surface area contributed by atoms with Gasteiger partial charge in [-0.15, -0.1) is 0 Å². The lowest BCUT2D eigenvalue weighted by atomic mass is 9.57. The van der Waals surface area contributed by atoms with E-state index in [0.717, 1.165) is 55.8 Å². The number of rotatable bonds is 15. The largest absolute Gasteiger partial charge is 0.457 e. The molecule has 7 aliphatic rings. The van der Waals surface area contributed by atoms with E-state index in [1.165, 1.54) is 0 Å². The Morgan fingerprint density at radius 3 is 2.21 bits per heavy atom. The Bertz CT molecular complexity index is 2120. The fraction of sp³-hybridized carbons (Fsp3) is 0.852. The number of alkyl carbamates (subject to hydrolysis) is 1. The summed E-state index contributed by atoms with van der Waals surface area (Å²) in [6.45, 7) is 41.5. The summed E-state index contributed by atoms with van der Waals surface area (Å²) in [5.74, 6) is -3.77. The zero-order valence-corrected chi connectivity index (χ0v) is 52.0. The van der Waals surface area contributed by atoms with Crippen molar-refractivity contribution in [2.75, 3.05) is 13.2 Å². The van der Waals surface area contributed by atoms with Gasteiger partial charge in [0.15, 0.2) is 34.0 Å². The molecule has 76 heavy (non-hydrogen) atoms. The highest BCUT2D eigenvalue weighted by atomic mass is 28.4. The van der Waals surface area contributed by atoms with Crippen LogP contribution in [0.25, 0.3) is 0 Å². The maximum atomic E-state index is 16.0. The second-order valence-electron chi connectivity index (χ2n) is 27.6. The number of Topliss-reactive ketones (excluding diaryl/α,β-unsaturated/α-hetero) is 1. The van der Waals surface area contributed by atoms with Gasteiger partial charge < -0.3 is 47.3 Å². The lowest BCUT2D eigenvalue weighted by molar-refractivity contribution is -0.400. The van der Waals surface area contributed by atoms with Gasteiger partial charge in [0.1, 0.15) is 29.7 Å². The van der Waals surface area contributed by atoms with Gasteiger partial charge in [-0.3, -0.25) is 4.79 Å². The fourth-order valence-electron chi connectivity index (χ4n) is 14.0. The molecule has 0 aromatic rings. The Hall–Kier alpha value is -2.22. The third kappa shape index (κ3) is 12.9. The van der Waals surface area contributed by atoms with E-state index >= 15 is 4.79 Å². The van der Waals surface area contributed by atoms with Crippen molar-refractivity contribution >= 4 is 34.5 Å². The van der Waals surface area contributed by atoms with E-state index in [-0.39, 0.29) is 59.5 Å². The van der Waals surface area contributed by atoms with E-state index in [1.807, 2.05) is 20.8 Å². The first-order valence-electron chi connectivity index (χ1n) is 29.9. The van der Waals surface area contributed by atoms with Crippen LogP contribution in [0.2, 0.25) is 36.3 Å². The summed E-state index contributed by atoms with van der Waals surface area (Å²) >= 11 is 0. The Labute approximate surface area is 461 Å². The summed E-state index contributed by atoms with van der Waals surface area (Å²) in [4.78, 5) is 43.1. The second-order valence-corrected chi connectivity index (χ2v) is 37.0. The summed E-state index contributed by atoms with van der Waals surface area (Å²) in [6, 6.07) is 3.09. The average molecular weight is 1100 g/mol. The quantitative estimate of drug-likeness (QED) is 0.0946.